The van der Waals surface area contributed by atoms with Gasteiger partial charge in [0.15, 0.2) is 0 Å². The van der Waals surface area contributed by atoms with Gasteiger partial charge in [-0.2, -0.15) is 0 Å². The lowest BCUT2D eigenvalue weighted by atomic mass is 10.4. The topological polar surface area (TPSA) is 25.8 Å². The summed E-state index contributed by atoms with van der Waals surface area (Å²) in [6, 6.07) is 7.84. The van der Waals surface area contributed by atoms with Gasteiger partial charge in [-0.15, -0.1) is 0 Å². The molecule has 0 aliphatic carbocycles. The number of pyridine rings is 2. The van der Waals surface area contributed by atoms with Crippen LogP contribution in [-0.2, 0) is 0 Å². The van der Waals surface area contributed by atoms with Crippen molar-refractivity contribution in [1.82, 2.24) is 9.97 Å². The zero-order valence-electron chi connectivity index (χ0n) is 9.72. The highest BCUT2D eigenvalue weighted by Crippen LogP contribution is 2.16. The molecular weight excluding hydrogens is 539 g/mol. The molecule has 0 aromatic carbocycles. The first-order valence-corrected chi connectivity index (χ1v) is 8.43. The van der Waals surface area contributed by atoms with Crippen LogP contribution in [0.1, 0.15) is 11.4 Å². The van der Waals surface area contributed by atoms with Crippen LogP contribution in [0.3, 0.4) is 0 Å². The van der Waals surface area contributed by atoms with Crippen molar-refractivity contribution in [1.29, 1.82) is 0 Å². The van der Waals surface area contributed by atoms with Gasteiger partial charge in [0.1, 0.15) is 8.30 Å². The van der Waals surface area contributed by atoms with E-state index in [0.717, 1.165) is 28.6 Å². The summed E-state index contributed by atoms with van der Waals surface area (Å²) in [5.74, 6) is 0. The standard InChI is InChI=1S/C6H5Br2N.C6H5BrIN/c2*1-4-5(7)2-3-6(8)9-4/h2*2-3H,1H3. The van der Waals surface area contributed by atoms with Gasteiger partial charge in [0.05, 0.1) is 11.4 Å². The largest absolute Gasteiger partial charge is 0.246 e. The van der Waals surface area contributed by atoms with Crippen LogP contribution < -0.4 is 0 Å². The average Bonchev–Trinajstić information content (AvgIpc) is 2.30. The zero-order chi connectivity index (χ0) is 13.7. The van der Waals surface area contributed by atoms with Crippen molar-refractivity contribution >= 4 is 70.4 Å². The Morgan fingerprint density at radius 2 is 1.33 bits per heavy atom. The van der Waals surface area contributed by atoms with Gasteiger partial charge >= 0.3 is 0 Å². The van der Waals surface area contributed by atoms with E-state index in [-0.39, 0.29) is 0 Å². The van der Waals surface area contributed by atoms with Gasteiger partial charge in [0.2, 0.25) is 0 Å². The maximum absolute atomic E-state index is 4.21. The molecule has 0 radical (unpaired) electrons. The van der Waals surface area contributed by atoms with Gasteiger partial charge in [0, 0.05) is 8.95 Å². The number of nitrogens with zero attached hydrogens (tertiary/aromatic N) is 2. The van der Waals surface area contributed by atoms with Crippen molar-refractivity contribution in [3.63, 3.8) is 0 Å². The van der Waals surface area contributed by atoms with Crippen LogP contribution in [0.4, 0.5) is 0 Å². The van der Waals surface area contributed by atoms with Crippen molar-refractivity contribution in [2.75, 3.05) is 0 Å². The molecule has 2 rings (SSSR count). The third-order valence-corrected chi connectivity index (χ3v) is 4.69. The molecule has 18 heavy (non-hydrogen) atoms. The lowest BCUT2D eigenvalue weighted by Crippen LogP contribution is -1.84. The zero-order valence-corrected chi connectivity index (χ0v) is 16.6. The second-order valence-electron chi connectivity index (χ2n) is 3.40. The number of hydrogen-bond acceptors (Lipinski definition) is 2. The minimum absolute atomic E-state index is 0.878. The van der Waals surface area contributed by atoms with E-state index in [0.29, 0.717) is 0 Å². The maximum Gasteiger partial charge on any atom is 0.106 e. The molecule has 0 spiro atoms. The monoisotopic (exact) mass is 546 g/mol. The Morgan fingerprint density at radius 1 is 0.833 bits per heavy atom. The fourth-order valence-corrected chi connectivity index (χ4v) is 2.41. The molecular formula is C12H10Br3IN2. The summed E-state index contributed by atoms with van der Waals surface area (Å²) in [4.78, 5) is 8.36. The molecule has 0 aliphatic rings. The van der Waals surface area contributed by atoms with Gasteiger partial charge in [-0.25, -0.2) is 9.97 Å². The van der Waals surface area contributed by atoms with E-state index in [2.05, 4.69) is 80.3 Å². The molecule has 0 saturated carbocycles. The first kappa shape index (κ1) is 16.5. The van der Waals surface area contributed by atoms with Gasteiger partial charge in [-0.3, -0.25) is 0 Å². The third kappa shape index (κ3) is 5.63. The highest BCUT2D eigenvalue weighted by molar-refractivity contribution is 14.1. The first-order valence-electron chi connectivity index (χ1n) is 4.97. The Hall–Kier alpha value is 0.470. The SMILES string of the molecule is Cc1nc(Br)ccc1Br.Cc1nc(I)ccc1Br. The Kier molecular flexibility index (Phi) is 7.27. The molecule has 96 valence electrons. The summed E-state index contributed by atoms with van der Waals surface area (Å²) in [5, 5.41) is 0. The number of aryl methyl sites for hydroxylation is 2. The second kappa shape index (κ2) is 7.91. The minimum atomic E-state index is 0.878. The molecule has 2 heterocycles. The normalized spacial score (nSPS) is 9.67. The molecule has 2 aromatic heterocycles. The second-order valence-corrected chi connectivity index (χ2v) is 7.03. The average molecular weight is 549 g/mol. The molecule has 0 amide bonds. The first-order chi connectivity index (χ1) is 8.40. The number of aromatic nitrogens is 2. The molecule has 0 N–H and O–H groups in total. The van der Waals surface area contributed by atoms with E-state index < -0.39 is 0 Å². The Morgan fingerprint density at radius 3 is 1.72 bits per heavy atom. The number of halogens is 4. The Balaban J connectivity index is 0.000000180. The van der Waals surface area contributed by atoms with E-state index in [4.69, 9.17) is 0 Å². The molecule has 2 aromatic rings. The van der Waals surface area contributed by atoms with Gasteiger partial charge < -0.3 is 0 Å². The predicted molar refractivity (Wildman–Crippen MR) is 93.8 cm³/mol. The van der Waals surface area contributed by atoms with E-state index >= 15 is 0 Å². The fourth-order valence-electron chi connectivity index (χ4n) is 1.03. The summed E-state index contributed by atoms with van der Waals surface area (Å²) < 4.78 is 4.03. The summed E-state index contributed by atoms with van der Waals surface area (Å²) >= 11 is 12.2. The summed E-state index contributed by atoms with van der Waals surface area (Å²) in [7, 11) is 0. The van der Waals surface area contributed by atoms with Gasteiger partial charge in [0.25, 0.3) is 0 Å². The van der Waals surface area contributed by atoms with Crippen molar-refractivity contribution < 1.29 is 0 Å². The van der Waals surface area contributed by atoms with E-state index in [9.17, 15) is 0 Å². The van der Waals surface area contributed by atoms with E-state index in [1.165, 1.54) is 0 Å². The molecule has 0 unspecified atom stereocenters. The summed E-state index contributed by atoms with van der Waals surface area (Å²) in [5.41, 5.74) is 2.05. The van der Waals surface area contributed by atoms with Crippen LogP contribution in [0, 0.1) is 17.5 Å². The van der Waals surface area contributed by atoms with Crippen LogP contribution in [0.25, 0.3) is 0 Å². The number of rotatable bonds is 0. The Labute approximate surface area is 146 Å². The molecule has 0 fully saturated rings. The molecule has 0 bridgehead atoms. The predicted octanol–water partition coefficient (Wildman–Crippen LogP) is 5.67. The lowest BCUT2D eigenvalue weighted by molar-refractivity contribution is 1.15. The van der Waals surface area contributed by atoms with Gasteiger partial charge in [-0.1, -0.05) is 0 Å². The molecule has 0 saturated heterocycles. The quantitative estimate of drug-likeness (QED) is 0.313. The van der Waals surface area contributed by atoms with Crippen molar-refractivity contribution in [3.05, 3.63) is 52.9 Å². The van der Waals surface area contributed by atoms with Crippen LogP contribution in [-0.4, -0.2) is 9.97 Å². The summed E-state index contributed by atoms with van der Waals surface area (Å²) in [6.07, 6.45) is 0. The van der Waals surface area contributed by atoms with Gasteiger partial charge in [-0.05, 0) is 108 Å². The molecule has 0 aliphatic heterocycles. The summed E-state index contributed by atoms with van der Waals surface area (Å²) in [6.45, 7) is 3.93. The molecule has 2 nitrogen and oxygen atoms in total. The van der Waals surface area contributed by atoms with Crippen LogP contribution in [0.2, 0.25) is 0 Å². The van der Waals surface area contributed by atoms with Crippen LogP contribution in [0.15, 0.2) is 37.8 Å². The van der Waals surface area contributed by atoms with E-state index in [1.54, 1.807) is 0 Å². The highest BCUT2D eigenvalue weighted by Gasteiger charge is 1.94. The van der Waals surface area contributed by atoms with Crippen LogP contribution in [0.5, 0.6) is 0 Å². The fraction of sp³-hybridized carbons (Fsp3) is 0.167. The smallest absolute Gasteiger partial charge is 0.106 e. The Bertz CT molecular complexity index is 497. The van der Waals surface area contributed by atoms with Crippen molar-refractivity contribution in [2.24, 2.45) is 0 Å². The third-order valence-electron chi connectivity index (χ3n) is 1.97. The highest BCUT2D eigenvalue weighted by atomic mass is 127. The maximum atomic E-state index is 4.21. The molecule has 0 atom stereocenters. The molecule has 6 heteroatoms. The van der Waals surface area contributed by atoms with Crippen LogP contribution >= 0.6 is 70.4 Å². The van der Waals surface area contributed by atoms with E-state index in [1.807, 2.05) is 38.1 Å². The van der Waals surface area contributed by atoms with Crippen molar-refractivity contribution in [2.45, 2.75) is 13.8 Å². The van der Waals surface area contributed by atoms with Crippen molar-refractivity contribution in [3.8, 4) is 0 Å². The minimum Gasteiger partial charge on any atom is -0.246 e. The number of hydrogen-bond donors (Lipinski definition) is 0. The lowest BCUT2D eigenvalue weighted by Gasteiger charge is -1.94.